The van der Waals surface area contributed by atoms with Crippen molar-refractivity contribution in [2.75, 3.05) is 11.9 Å². The lowest BCUT2D eigenvalue weighted by atomic mass is 10.1. The van der Waals surface area contributed by atoms with Crippen molar-refractivity contribution in [1.82, 2.24) is 0 Å². The molecule has 0 spiro atoms. The molecule has 0 saturated carbocycles. The Bertz CT molecular complexity index is 698. The van der Waals surface area contributed by atoms with Gasteiger partial charge in [0.05, 0.1) is 12.1 Å². The van der Waals surface area contributed by atoms with Gasteiger partial charge in [-0.15, -0.1) is 0 Å². The third kappa shape index (κ3) is 4.10. The molecule has 21 heavy (non-hydrogen) atoms. The number of amides is 1. The summed E-state index contributed by atoms with van der Waals surface area (Å²) in [4.78, 5) is 12.0. The van der Waals surface area contributed by atoms with Crippen molar-refractivity contribution in [2.24, 2.45) is 0 Å². The van der Waals surface area contributed by atoms with E-state index in [4.69, 9.17) is 5.11 Å². The van der Waals surface area contributed by atoms with E-state index < -0.39 is 0 Å². The SMILES string of the molecule is O=C(Cc1ccccc1O)Nc1ccccc1C#CCO. The second kappa shape index (κ2) is 7.13. The van der Waals surface area contributed by atoms with Gasteiger partial charge < -0.3 is 15.5 Å². The van der Waals surface area contributed by atoms with E-state index >= 15 is 0 Å². The summed E-state index contributed by atoms with van der Waals surface area (Å²) in [5.74, 6) is 5.19. The summed E-state index contributed by atoms with van der Waals surface area (Å²) in [5.41, 5.74) is 1.78. The average molecular weight is 281 g/mol. The van der Waals surface area contributed by atoms with Gasteiger partial charge in [0.15, 0.2) is 0 Å². The number of hydrogen-bond acceptors (Lipinski definition) is 3. The van der Waals surface area contributed by atoms with Crippen LogP contribution in [0.15, 0.2) is 48.5 Å². The van der Waals surface area contributed by atoms with Gasteiger partial charge in [0.25, 0.3) is 0 Å². The van der Waals surface area contributed by atoms with Gasteiger partial charge in [-0.1, -0.05) is 42.2 Å². The van der Waals surface area contributed by atoms with Crippen molar-refractivity contribution in [3.63, 3.8) is 0 Å². The second-order valence-corrected chi connectivity index (χ2v) is 4.36. The first kappa shape index (κ1) is 14.6. The number of rotatable bonds is 3. The molecular formula is C17H15NO3. The van der Waals surface area contributed by atoms with Crippen LogP contribution in [-0.4, -0.2) is 22.7 Å². The molecule has 0 unspecified atom stereocenters. The molecule has 4 heteroatoms. The van der Waals surface area contributed by atoms with Crippen molar-refractivity contribution < 1.29 is 15.0 Å². The fraction of sp³-hybridized carbons (Fsp3) is 0.118. The van der Waals surface area contributed by atoms with Gasteiger partial charge in [0, 0.05) is 11.1 Å². The van der Waals surface area contributed by atoms with Crippen molar-refractivity contribution in [3.8, 4) is 17.6 Å². The van der Waals surface area contributed by atoms with Crippen molar-refractivity contribution >= 4 is 11.6 Å². The van der Waals surface area contributed by atoms with Gasteiger partial charge in [0.1, 0.15) is 12.4 Å². The lowest BCUT2D eigenvalue weighted by Gasteiger charge is -2.08. The van der Waals surface area contributed by atoms with E-state index in [2.05, 4.69) is 17.2 Å². The van der Waals surface area contributed by atoms with E-state index in [1.54, 1.807) is 48.5 Å². The van der Waals surface area contributed by atoms with E-state index in [1.807, 2.05) is 0 Å². The molecule has 4 nitrogen and oxygen atoms in total. The van der Waals surface area contributed by atoms with Gasteiger partial charge in [-0.25, -0.2) is 0 Å². The molecule has 0 atom stereocenters. The van der Waals surface area contributed by atoms with Crippen LogP contribution >= 0.6 is 0 Å². The lowest BCUT2D eigenvalue weighted by molar-refractivity contribution is -0.115. The van der Waals surface area contributed by atoms with Crippen molar-refractivity contribution in [1.29, 1.82) is 0 Å². The second-order valence-electron chi connectivity index (χ2n) is 4.36. The summed E-state index contributed by atoms with van der Waals surface area (Å²) in [6.07, 6.45) is 0.0778. The van der Waals surface area contributed by atoms with Crippen LogP contribution in [0, 0.1) is 11.8 Å². The van der Waals surface area contributed by atoms with E-state index in [0.717, 1.165) is 0 Å². The molecule has 0 aliphatic rings. The highest BCUT2D eigenvalue weighted by atomic mass is 16.3. The Morgan fingerprint density at radius 2 is 1.81 bits per heavy atom. The molecule has 106 valence electrons. The average Bonchev–Trinajstić information content (AvgIpc) is 2.49. The third-order valence-corrected chi connectivity index (χ3v) is 2.85. The standard InChI is InChI=1S/C17H15NO3/c19-11-5-8-13-6-1-3-9-15(13)18-17(21)12-14-7-2-4-10-16(14)20/h1-4,6-7,9-10,19-20H,11-12H2,(H,18,21). The van der Waals surface area contributed by atoms with Gasteiger partial charge in [-0.05, 0) is 18.2 Å². The Balaban J connectivity index is 2.12. The predicted molar refractivity (Wildman–Crippen MR) is 80.8 cm³/mol. The Kier molecular flexibility index (Phi) is 4.97. The predicted octanol–water partition coefficient (Wildman–Crippen LogP) is 1.92. The number of phenols is 1. The minimum absolute atomic E-state index is 0.0778. The fourth-order valence-electron chi connectivity index (χ4n) is 1.86. The molecule has 0 aromatic heterocycles. The summed E-state index contributed by atoms with van der Waals surface area (Å²) in [6, 6.07) is 13.8. The number of para-hydroxylation sites is 2. The maximum Gasteiger partial charge on any atom is 0.228 e. The number of carbonyl (C=O) groups is 1. The lowest BCUT2D eigenvalue weighted by Crippen LogP contribution is -2.15. The smallest absolute Gasteiger partial charge is 0.228 e. The van der Waals surface area contributed by atoms with Crippen molar-refractivity contribution in [2.45, 2.75) is 6.42 Å². The summed E-state index contributed by atoms with van der Waals surface area (Å²) in [6.45, 7) is -0.236. The molecule has 0 aliphatic carbocycles. The Hall–Kier alpha value is -2.77. The molecule has 3 N–H and O–H groups in total. The maximum atomic E-state index is 12.0. The van der Waals surface area contributed by atoms with Crippen molar-refractivity contribution in [3.05, 3.63) is 59.7 Å². The Morgan fingerprint density at radius 3 is 2.57 bits per heavy atom. The van der Waals surface area contributed by atoms with E-state index in [0.29, 0.717) is 16.8 Å². The Labute approximate surface area is 123 Å². The topological polar surface area (TPSA) is 69.6 Å². The molecule has 0 fully saturated rings. The summed E-state index contributed by atoms with van der Waals surface area (Å²) in [5, 5.41) is 21.2. The van der Waals surface area contributed by atoms with Crippen LogP contribution < -0.4 is 5.32 Å². The summed E-state index contributed by atoms with van der Waals surface area (Å²) >= 11 is 0. The molecule has 0 radical (unpaired) electrons. The molecule has 2 rings (SSSR count). The van der Waals surface area contributed by atoms with Gasteiger partial charge in [-0.3, -0.25) is 4.79 Å². The zero-order valence-electron chi connectivity index (χ0n) is 11.3. The largest absolute Gasteiger partial charge is 0.508 e. The first-order valence-electron chi connectivity index (χ1n) is 6.46. The number of nitrogens with one attached hydrogen (secondary N) is 1. The highest BCUT2D eigenvalue weighted by Crippen LogP contribution is 2.18. The van der Waals surface area contributed by atoms with E-state index in [1.165, 1.54) is 0 Å². The van der Waals surface area contributed by atoms with Gasteiger partial charge >= 0.3 is 0 Å². The molecule has 0 bridgehead atoms. The maximum absolute atomic E-state index is 12.0. The monoisotopic (exact) mass is 281 g/mol. The highest BCUT2D eigenvalue weighted by Gasteiger charge is 2.09. The molecule has 0 heterocycles. The van der Waals surface area contributed by atoms with Crippen LogP contribution in [0.4, 0.5) is 5.69 Å². The zero-order valence-corrected chi connectivity index (χ0v) is 11.3. The third-order valence-electron chi connectivity index (χ3n) is 2.85. The summed E-state index contributed by atoms with van der Waals surface area (Å²) < 4.78 is 0. The van der Waals surface area contributed by atoms with Crippen LogP contribution in [0.2, 0.25) is 0 Å². The van der Waals surface area contributed by atoms with Crippen LogP contribution in [0.5, 0.6) is 5.75 Å². The molecule has 2 aromatic rings. The van der Waals surface area contributed by atoms with E-state index in [9.17, 15) is 9.90 Å². The molecule has 0 saturated heterocycles. The zero-order chi connectivity index (χ0) is 15.1. The number of benzene rings is 2. The number of hydrogen-bond donors (Lipinski definition) is 3. The van der Waals surface area contributed by atoms with Crippen LogP contribution in [0.3, 0.4) is 0 Å². The summed E-state index contributed by atoms with van der Waals surface area (Å²) in [7, 11) is 0. The molecular weight excluding hydrogens is 266 g/mol. The van der Waals surface area contributed by atoms with E-state index in [-0.39, 0.29) is 24.7 Å². The van der Waals surface area contributed by atoms with Crippen LogP contribution in [0.25, 0.3) is 0 Å². The number of aliphatic hydroxyl groups is 1. The molecule has 0 aliphatic heterocycles. The first-order chi connectivity index (χ1) is 10.2. The van der Waals surface area contributed by atoms with Crippen LogP contribution in [0.1, 0.15) is 11.1 Å². The fourth-order valence-corrected chi connectivity index (χ4v) is 1.86. The number of carbonyl (C=O) groups excluding carboxylic acids is 1. The number of aliphatic hydroxyl groups excluding tert-OH is 1. The quantitative estimate of drug-likeness (QED) is 0.753. The minimum Gasteiger partial charge on any atom is -0.508 e. The van der Waals surface area contributed by atoms with Gasteiger partial charge in [-0.2, -0.15) is 0 Å². The minimum atomic E-state index is -0.241. The number of phenolic OH excluding ortho intramolecular Hbond substituents is 1. The van der Waals surface area contributed by atoms with Crippen LogP contribution in [-0.2, 0) is 11.2 Å². The number of aromatic hydroxyl groups is 1. The molecule has 2 aromatic carbocycles. The number of anilines is 1. The van der Waals surface area contributed by atoms with Gasteiger partial charge in [0.2, 0.25) is 5.91 Å². The first-order valence-corrected chi connectivity index (χ1v) is 6.46. The highest BCUT2D eigenvalue weighted by molar-refractivity contribution is 5.93. The molecule has 1 amide bonds. The Morgan fingerprint density at radius 1 is 1.10 bits per heavy atom. The normalized spacial score (nSPS) is 9.57.